The molecule has 2 aliphatic rings. The van der Waals surface area contributed by atoms with E-state index in [2.05, 4.69) is 20.5 Å². The van der Waals surface area contributed by atoms with Crippen LogP contribution in [0.4, 0.5) is 5.82 Å². The van der Waals surface area contributed by atoms with Crippen LogP contribution in [0.5, 0.6) is 0 Å². The number of pyridine rings is 1. The van der Waals surface area contributed by atoms with Crippen molar-refractivity contribution >= 4 is 23.3 Å². The number of carbonyl (C=O) groups excluding carboxylic acids is 1. The molecule has 2 saturated heterocycles. The lowest BCUT2D eigenvalue weighted by Crippen LogP contribution is -2.42. The van der Waals surface area contributed by atoms with Gasteiger partial charge in [-0.2, -0.15) is 0 Å². The highest BCUT2D eigenvalue weighted by Crippen LogP contribution is 2.28. The summed E-state index contributed by atoms with van der Waals surface area (Å²) in [5.74, 6) is 0.513. The number of rotatable bonds is 4. The van der Waals surface area contributed by atoms with Crippen molar-refractivity contribution in [3.05, 3.63) is 22.8 Å². The fraction of sp³-hybridized carbons (Fsp3) is 0.600. The van der Waals surface area contributed by atoms with Crippen LogP contribution in [-0.4, -0.2) is 47.5 Å². The first-order chi connectivity index (χ1) is 10.2. The van der Waals surface area contributed by atoms with E-state index < -0.39 is 0 Å². The molecular formula is C15H21ClN4O. The quantitative estimate of drug-likeness (QED) is 0.895. The number of fused-ring (bicyclic) bond motifs is 1. The fourth-order valence-corrected chi connectivity index (χ4v) is 3.56. The van der Waals surface area contributed by atoms with Crippen LogP contribution in [0.1, 0.15) is 36.7 Å². The number of aromatic nitrogens is 1. The Morgan fingerprint density at radius 1 is 1.43 bits per heavy atom. The molecule has 3 heterocycles. The SMILES string of the molecule is CCNc1ccc(Cl)c(C(=O)NC2CCN3CCCC23)n1. The molecule has 2 fully saturated rings. The Kier molecular flexibility index (Phi) is 4.31. The lowest BCUT2D eigenvalue weighted by Gasteiger charge is -2.21. The van der Waals surface area contributed by atoms with Gasteiger partial charge in [-0.25, -0.2) is 4.98 Å². The van der Waals surface area contributed by atoms with Crippen LogP contribution in [0.3, 0.4) is 0 Å². The summed E-state index contributed by atoms with van der Waals surface area (Å²) < 4.78 is 0. The van der Waals surface area contributed by atoms with E-state index in [1.807, 2.05) is 6.92 Å². The normalized spacial score (nSPS) is 24.9. The van der Waals surface area contributed by atoms with Crippen molar-refractivity contribution in [2.24, 2.45) is 0 Å². The summed E-state index contributed by atoms with van der Waals surface area (Å²) in [7, 11) is 0. The van der Waals surface area contributed by atoms with Crippen LogP contribution in [0.15, 0.2) is 12.1 Å². The van der Waals surface area contributed by atoms with E-state index in [9.17, 15) is 4.79 Å². The van der Waals surface area contributed by atoms with E-state index in [0.29, 0.717) is 22.6 Å². The Labute approximate surface area is 130 Å². The molecule has 0 saturated carbocycles. The average molecular weight is 309 g/mol. The Bertz CT molecular complexity index is 536. The summed E-state index contributed by atoms with van der Waals surface area (Å²) in [6.07, 6.45) is 3.41. The number of amides is 1. The van der Waals surface area contributed by atoms with Gasteiger partial charge < -0.3 is 10.6 Å². The zero-order valence-corrected chi connectivity index (χ0v) is 13.0. The minimum atomic E-state index is -0.168. The van der Waals surface area contributed by atoms with Gasteiger partial charge in [0.25, 0.3) is 5.91 Å². The van der Waals surface area contributed by atoms with E-state index >= 15 is 0 Å². The van der Waals surface area contributed by atoms with Gasteiger partial charge in [-0.15, -0.1) is 0 Å². The smallest absolute Gasteiger partial charge is 0.271 e. The largest absolute Gasteiger partial charge is 0.370 e. The number of hydrogen-bond acceptors (Lipinski definition) is 4. The molecule has 2 aliphatic heterocycles. The minimum absolute atomic E-state index is 0.168. The van der Waals surface area contributed by atoms with Crippen molar-refractivity contribution in [3.63, 3.8) is 0 Å². The first-order valence-corrected chi connectivity index (χ1v) is 8.02. The molecule has 0 radical (unpaired) electrons. The molecule has 0 spiro atoms. The van der Waals surface area contributed by atoms with Gasteiger partial charge in [0.2, 0.25) is 0 Å². The van der Waals surface area contributed by atoms with Crippen molar-refractivity contribution < 1.29 is 4.79 Å². The van der Waals surface area contributed by atoms with Crippen molar-refractivity contribution in [2.45, 2.75) is 38.3 Å². The highest BCUT2D eigenvalue weighted by atomic mass is 35.5. The van der Waals surface area contributed by atoms with Gasteiger partial charge in [-0.05, 0) is 44.9 Å². The Morgan fingerprint density at radius 3 is 3.10 bits per heavy atom. The lowest BCUT2D eigenvalue weighted by molar-refractivity contribution is 0.0925. The molecule has 6 heteroatoms. The number of anilines is 1. The van der Waals surface area contributed by atoms with E-state index in [4.69, 9.17) is 11.6 Å². The van der Waals surface area contributed by atoms with Crippen molar-refractivity contribution in [3.8, 4) is 0 Å². The zero-order chi connectivity index (χ0) is 14.8. The van der Waals surface area contributed by atoms with Gasteiger partial charge >= 0.3 is 0 Å². The zero-order valence-electron chi connectivity index (χ0n) is 12.2. The maximum atomic E-state index is 12.5. The van der Waals surface area contributed by atoms with E-state index in [1.165, 1.54) is 12.8 Å². The summed E-state index contributed by atoms with van der Waals surface area (Å²) in [5.41, 5.74) is 0.312. The Morgan fingerprint density at radius 2 is 2.29 bits per heavy atom. The second-order valence-electron chi connectivity index (χ2n) is 5.67. The maximum Gasteiger partial charge on any atom is 0.271 e. The maximum absolute atomic E-state index is 12.5. The molecule has 2 N–H and O–H groups in total. The summed E-state index contributed by atoms with van der Waals surface area (Å²) >= 11 is 6.13. The molecule has 3 rings (SSSR count). The molecule has 2 unspecified atom stereocenters. The minimum Gasteiger partial charge on any atom is -0.370 e. The summed E-state index contributed by atoms with van der Waals surface area (Å²) in [5, 5.41) is 6.62. The number of halogens is 1. The first-order valence-electron chi connectivity index (χ1n) is 7.64. The molecule has 0 bridgehead atoms. The highest BCUT2D eigenvalue weighted by molar-refractivity contribution is 6.33. The average Bonchev–Trinajstić information content (AvgIpc) is 3.06. The third-order valence-electron chi connectivity index (χ3n) is 4.34. The van der Waals surface area contributed by atoms with E-state index in [-0.39, 0.29) is 11.9 Å². The van der Waals surface area contributed by atoms with Gasteiger partial charge in [0, 0.05) is 25.2 Å². The number of carbonyl (C=O) groups is 1. The van der Waals surface area contributed by atoms with Crippen LogP contribution in [0.25, 0.3) is 0 Å². The van der Waals surface area contributed by atoms with Gasteiger partial charge in [0.05, 0.1) is 5.02 Å². The molecule has 1 amide bonds. The van der Waals surface area contributed by atoms with Crippen molar-refractivity contribution in [1.29, 1.82) is 0 Å². The monoisotopic (exact) mass is 308 g/mol. The molecule has 1 aromatic heterocycles. The van der Waals surface area contributed by atoms with Crippen LogP contribution >= 0.6 is 11.6 Å². The van der Waals surface area contributed by atoms with Crippen LogP contribution < -0.4 is 10.6 Å². The lowest BCUT2D eigenvalue weighted by atomic mass is 10.1. The molecule has 0 aromatic carbocycles. The fourth-order valence-electron chi connectivity index (χ4n) is 3.37. The molecule has 21 heavy (non-hydrogen) atoms. The molecule has 0 aliphatic carbocycles. The van der Waals surface area contributed by atoms with Crippen LogP contribution in [-0.2, 0) is 0 Å². The van der Waals surface area contributed by atoms with E-state index in [1.54, 1.807) is 12.1 Å². The van der Waals surface area contributed by atoms with E-state index in [0.717, 1.165) is 26.1 Å². The molecular weight excluding hydrogens is 288 g/mol. The molecule has 114 valence electrons. The predicted octanol–water partition coefficient (Wildman–Crippen LogP) is 2.13. The summed E-state index contributed by atoms with van der Waals surface area (Å²) in [6, 6.07) is 4.22. The van der Waals surface area contributed by atoms with Gasteiger partial charge in [0.1, 0.15) is 11.5 Å². The third-order valence-corrected chi connectivity index (χ3v) is 4.65. The van der Waals surface area contributed by atoms with Gasteiger partial charge in [0.15, 0.2) is 0 Å². The Hall–Kier alpha value is -1.33. The third kappa shape index (κ3) is 2.99. The van der Waals surface area contributed by atoms with Crippen LogP contribution in [0, 0.1) is 0 Å². The highest BCUT2D eigenvalue weighted by Gasteiger charge is 2.38. The molecule has 2 atom stereocenters. The van der Waals surface area contributed by atoms with Crippen molar-refractivity contribution in [2.75, 3.05) is 25.0 Å². The Balaban J connectivity index is 1.71. The second kappa shape index (κ2) is 6.20. The van der Waals surface area contributed by atoms with Crippen molar-refractivity contribution in [1.82, 2.24) is 15.2 Å². The summed E-state index contributed by atoms with van der Waals surface area (Å²) in [6.45, 7) is 4.98. The number of nitrogens with zero attached hydrogens (tertiary/aromatic N) is 2. The number of nitrogens with one attached hydrogen (secondary N) is 2. The molecule has 1 aromatic rings. The second-order valence-corrected chi connectivity index (χ2v) is 6.08. The summed E-state index contributed by atoms with van der Waals surface area (Å²) in [4.78, 5) is 19.3. The first kappa shape index (κ1) is 14.6. The van der Waals surface area contributed by atoms with Gasteiger partial charge in [-0.1, -0.05) is 11.6 Å². The predicted molar refractivity (Wildman–Crippen MR) is 83.9 cm³/mol. The standard InChI is InChI=1S/C15H21ClN4O/c1-2-17-13-6-5-10(16)14(19-13)15(21)18-11-7-9-20-8-3-4-12(11)20/h5-6,11-12H,2-4,7-9H2,1H3,(H,17,19)(H,18,21). The number of hydrogen-bond donors (Lipinski definition) is 2. The van der Waals surface area contributed by atoms with Gasteiger partial charge in [-0.3, -0.25) is 9.69 Å². The topological polar surface area (TPSA) is 57.3 Å². The van der Waals surface area contributed by atoms with Crippen LogP contribution in [0.2, 0.25) is 5.02 Å². The molecule has 5 nitrogen and oxygen atoms in total.